The third kappa shape index (κ3) is 5.51. The Morgan fingerprint density at radius 3 is 2.48 bits per heavy atom. The summed E-state index contributed by atoms with van der Waals surface area (Å²) in [5.74, 6) is 0.977. The fourth-order valence-corrected chi connectivity index (χ4v) is 4.11. The van der Waals surface area contributed by atoms with Crippen LogP contribution in [0.25, 0.3) is 0 Å². The van der Waals surface area contributed by atoms with Gasteiger partial charge >= 0.3 is 5.70 Å². The molecule has 1 fully saturated rings. The molecule has 1 heterocycles. The molecule has 1 aliphatic heterocycles. The molecule has 0 saturated heterocycles. The van der Waals surface area contributed by atoms with E-state index in [1.54, 1.807) is 12.1 Å². The number of hydrogen-bond acceptors (Lipinski definition) is 5. The summed E-state index contributed by atoms with van der Waals surface area (Å²) in [5, 5.41) is 17.4. The van der Waals surface area contributed by atoms with Gasteiger partial charge in [0.25, 0.3) is 0 Å². The molecule has 3 rings (SSSR count). The van der Waals surface area contributed by atoms with Gasteiger partial charge in [-0.25, -0.2) is 4.39 Å². The van der Waals surface area contributed by atoms with Gasteiger partial charge in [0.1, 0.15) is 5.82 Å². The maximum absolute atomic E-state index is 13.0. The molecule has 0 aromatic heterocycles. The van der Waals surface area contributed by atoms with Crippen molar-refractivity contribution in [1.82, 2.24) is 10.6 Å². The first-order valence-corrected chi connectivity index (χ1v) is 10.1. The SMILES string of the molecule is NCC1CCC(CC2(N)NC(=NCCc3ccc(F)cc3)NC=C2[N+](=O)[O-])CC1. The van der Waals surface area contributed by atoms with Gasteiger partial charge in [-0.3, -0.25) is 20.8 Å². The molecular formula is C20H29FN6O2. The van der Waals surface area contributed by atoms with E-state index in [9.17, 15) is 14.5 Å². The molecule has 1 aliphatic carbocycles. The first kappa shape index (κ1) is 21.2. The van der Waals surface area contributed by atoms with Crippen LogP contribution < -0.4 is 22.1 Å². The van der Waals surface area contributed by atoms with Crippen molar-refractivity contribution in [2.75, 3.05) is 13.1 Å². The van der Waals surface area contributed by atoms with Crippen LogP contribution in [0.2, 0.25) is 0 Å². The van der Waals surface area contributed by atoms with Gasteiger partial charge in [-0.15, -0.1) is 0 Å². The monoisotopic (exact) mass is 404 g/mol. The van der Waals surface area contributed by atoms with Crippen molar-refractivity contribution in [2.45, 2.75) is 44.2 Å². The normalized spacial score (nSPS) is 28.4. The second kappa shape index (κ2) is 9.32. The van der Waals surface area contributed by atoms with Crippen molar-refractivity contribution in [1.29, 1.82) is 0 Å². The molecule has 0 bridgehead atoms. The predicted octanol–water partition coefficient (Wildman–Crippen LogP) is 1.85. The van der Waals surface area contributed by atoms with Crippen LogP contribution in [0.3, 0.4) is 0 Å². The van der Waals surface area contributed by atoms with Gasteiger partial charge in [-0.1, -0.05) is 12.1 Å². The highest BCUT2D eigenvalue weighted by atomic mass is 19.1. The lowest BCUT2D eigenvalue weighted by molar-refractivity contribution is -0.437. The molecule has 1 saturated carbocycles. The summed E-state index contributed by atoms with van der Waals surface area (Å²) in [4.78, 5) is 15.5. The quantitative estimate of drug-likeness (QED) is 0.405. The number of guanidine groups is 1. The van der Waals surface area contributed by atoms with Crippen LogP contribution in [0, 0.1) is 27.8 Å². The number of aliphatic imine (C=N–C) groups is 1. The first-order chi connectivity index (χ1) is 13.9. The van der Waals surface area contributed by atoms with Crippen LogP contribution in [0.1, 0.15) is 37.7 Å². The van der Waals surface area contributed by atoms with E-state index in [0.717, 1.165) is 31.2 Å². The number of rotatable bonds is 7. The fourth-order valence-electron chi connectivity index (χ4n) is 4.11. The van der Waals surface area contributed by atoms with E-state index in [1.165, 1.54) is 18.3 Å². The molecule has 9 heteroatoms. The third-order valence-electron chi connectivity index (χ3n) is 5.83. The fraction of sp³-hybridized carbons (Fsp3) is 0.550. The Balaban J connectivity index is 1.64. The molecule has 0 amide bonds. The molecule has 158 valence electrons. The Kier molecular flexibility index (Phi) is 6.81. The number of benzene rings is 1. The van der Waals surface area contributed by atoms with Crippen molar-refractivity contribution in [3.8, 4) is 0 Å². The summed E-state index contributed by atoms with van der Waals surface area (Å²) in [6.07, 6.45) is 6.43. The van der Waals surface area contributed by atoms with Gasteiger partial charge in [0.15, 0.2) is 11.6 Å². The number of nitrogens with two attached hydrogens (primary N) is 2. The average molecular weight is 404 g/mol. The largest absolute Gasteiger partial charge is 0.330 e. The number of halogens is 1. The zero-order valence-corrected chi connectivity index (χ0v) is 16.4. The highest BCUT2D eigenvalue weighted by Gasteiger charge is 2.44. The van der Waals surface area contributed by atoms with Gasteiger partial charge in [0.2, 0.25) is 0 Å². The van der Waals surface area contributed by atoms with Crippen LogP contribution in [0.15, 0.2) is 41.2 Å². The Morgan fingerprint density at radius 2 is 1.86 bits per heavy atom. The van der Waals surface area contributed by atoms with Gasteiger partial charge < -0.3 is 16.4 Å². The summed E-state index contributed by atoms with van der Waals surface area (Å²) in [7, 11) is 0. The highest BCUT2D eigenvalue weighted by Crippen LogP contribution is 2.34. The van der Waals surface area contributed by atoms with Crippen molar-refractivity contribution < 1.29 is 9.31 Å². The lowest BCUT2D eigenvalue weighted by atomic mass is 9.77. The van der Waals surface area contributed by atoms with Crippen LogP contribution in [-0.2, 0) is 6.42 Å². The molecule has 1 aromatic carbocycles. The molecule has 1 unspecified atom stereocenters. The summed E-state index contributed by atoms with van der Waals surface area (Å²) in [6.45, 7) is 1.13. The van der Waals surface area contributed by atoms with Gasteiger partial charge in [-0.05, 0) is 74.6 Å². The van der Waals surface area contributed by atoms with Crippen molar-refractivity contribution >= 4 is 5.96 Å². The zero-order chi connectivity index (χ0) is 20.9. The second-order valence-electron chi connectivity index (χ2n) is 7.96. The topological polar surface area (TPSA) is 132 Å². The minimum Gasteiger partial charge on any atom is -0.330 e. The highest BCUT2D eigenvalue weighted by molar-refractivity contribution is 5.83. The summed E-state index contributed by atoms with van der Waals surface area (Å²) < 4.78 is 13.0. The minimum absolute atomic E-state index is 0.0871. The van der Waals surface area contributed by atoms with Crippen LogP contribution in [-0.4, -0.2) is 29.6 Å². The lowest BCUT2D eigenvalue weighted by Crippen LogP contribution is -2.64. The van der Waals surface area contributed by atoms with Crippen molar-refractivity contribution in [2.24, 2.45) is 28.3 Å². The summed E-state index contributed by atoms with van der Waals surface area (Å²) >= 11 is 0. The number of hydrogen-bond donors (Lipinski definition) is 4. The maximum atomic E-state index is 13.0. The minimum atomic E-state index is -1.27. The predicted molar refractivity (Wildman–Crippen MR) is 110 cm³/mol. The molecule has 1 aromatic rings. The van der Waals surface area contributed by atoms with E-state index in [0.29, 0.717) is 43.7 Å². The van der Waals surface area contributed by atoms with E-state index in [2.05, 4.69) is 15.6 Å². The van der Waals surface area contributed by atoms with E-state index >= 15 is 0 Å². The molecule has 6 N–H and O–H groups in total. The van der Waals surface area contributed by atoms with Crippen molar-refractivity contribution in [3.05, 3.63) is 57.7 Å². The van der Waals surface area contributed by atoms with Gasteiger partial charge in [0, 0.05) is 6.54 Å². The smallest absolute Gasteiger partial charge is 0.301 e. The van der Waals surface area contributed by atoms with E-state index in [-0.39, 0.29) is 11.5 Å². The van der Waals surface area contributed by atoms with Gasteiger partial charge in [-0.2, -0.15) is 0 Å². The second-order valence-corrected chi connectivity index (χ2v) is 7.96. The first-order valence-electron chi connectivity index (χ1n) is 10.1. The van der Waals surface area contributed by atoms with Crippen LogP contribution in [0.4, 0.5) is 4.39 Å². The standard InChI is InChI=1S/C20H29FN6O2/c21-17-7-5-14(6-8-17)9-10-24-19-25-13-18(27(28)29)20(23,26-19)11-15-1-3-16(12-22)4-2-15/h5-8,13,15-16H,1-4,9-12,22-23H2,(H2,24,25,26). The van der Waals surface area contributed by atoms with E-state index in [1.807, 2.05) is 0 Å². The lowest BCUT2D eigenvalue weighted by Gasteiger charge is -2.37. The molecule has 1 atom stereocenters. The van der Waals surface area contributed by atoms with E-state index in [4.69, 9.17) is 11.5 Å². The Hall–Kier alpha value is -2.52. The summed E-state index contributed by atoms with van der Waals surface area (Å²) in [5.41, 5.74) is 11.8. The van der Waals surface area contributed by atoms with Crippen LogP contribution in [0.5, 0.6) is 0 Å². The molecule has 29 heavy (non-hydrogen) atoms. The zero-order valence-electron chi connectivity index (χ0n) is 16.4. The molecular weight excluding hydrogens is 375 g/mol. The maximum Gasteiger partial charge on any atom is 0.301 e. The Labute approximate surface area is 169 Å². The molecule has 2 aliphatic rings. The molecule has 8 nitrogen and oxygen atoms in total. The molecule has 0 spiro atoms. The van der Waals surface area contributed by atoms with E-state index < -0.39 is 10.6 Å². The summed E-state index contributed by atoms with van der Waals surface area (Å²) in [6, 6.07) is 6.26. The Morgan fingerprint density at radius 1 is 1.21 bits per heavy atom. The number of nitro groups is 1. The van der Waals surface area contributed by atoms with Crippen LogP contribution >= 0.6 is 0 Å². The number of nitrogens with one attached hydrogen (secondary N) is 2. The molecule has 0 radical (unpaired) electrons. The number of nitrogens with zero attached hydrogens (tertiary/aromatic N) is 2. The van der Waals surface area contributed by atoms with Crippen molar-refractivity contribution in [3.63, 3.8) is 0 Å². The third-order valence-corrected chi connectivity index (χ3v) is 5.83. The average Bonchev–Trinajstić information content (AvgIpc) is 2.69. The van der Waals surface area contributed by atoms with Gasteiger partial charge in [0.05, 0.1) is 11.1 Å². The Bertz CT molecular complexity index is 774.